The van der Waals surface area contributed by atoms with E-state index in [1.165, 1.54) is 49.1 Å². The summed E-state index contributed by atoms with van der Waals surface area (Å²) in [7, 11) is 0. The molecule has 4 heteroatoms. The first-order chi connectivity index (χ1) is 31.8. The maximum atomic E-state index is 4.75. The van der Waals surface area contributed by atoms with E-state index in [1.54, 1.807) is 0 Å². The monoisotopic (exact) mass is 816 g/mol. The van der Waals surface area contributed by atoms with Crippen LogP contribution >= 0.6 is 0 Å². The summed E-state index contributed by atoms with van der Waals surface area (Å²) in [5.74, 6) is 0. The molecule has 0 aliphatic carbocycles. The molecule has 0 amide bonds. The molecule has 4 nitrogen and oxygen atoms in total. The van der Waals surface area contributed by atoms with Gasteiger partial charge in [-0.25, -0.2) is 0 Å². The fourth-order valence-electron chi connectivity index (χ4n) is 9.64. The van der Waals surface area contributed by atoms with Gasteiger partial charge in [-0.3, -0.25) is 9.97 Å². The average Bonchev–Trinajstić information content (AvgIpc) is 3.70. The van der Waals surface area contributed by atoms with Crippen molar-refractivity contribution in [1.82, 2.24) is 14.5 Å². The summed E-state index contributed by atoms with van der Waals surface area (Å²) in [6.07, 6.45) is 3.72. The second-order valence-corrected chi connectivity index (χ2v) is 16.2. The third-order valence-electron chi connectivity index (χ3n) is 12.4. The van der Waals surface area contributed by atoms with Gasteiger partial charge in [-0.15, -0.1) is 0 Å². The molecule has 3 heterocycles. The van der Waals surface area contributed by atoms with Crippen LogP contribution in [0.5, 0.6) is 0 Å². The van der Waals surface area contributed by atoms with Crippen molar-refractivity contribution in [3.63, 3.8) is 0 Å². The van der Waals surface area contributed by atoms with Crippen LogP contribution in [-0.2, 0) is 0 Å². The van der Waals surface area contributed by atoms with E-state index in [0.717, 1.165) is 61.8 Å². The normalized spacial score (nSPS) is 11.4. The molecule has 12 aromatic rings. The summed E-state index contributed by atoms with van der Waals surface area (Å²) >= 11 is 0. The largest absolute Gasteiger partial charge is 0.310 e. The van der Waals surface area contributed by atoms with Crippen LogP contribution < -0.4 is 4.90 Å². The third-order valence-corrected chi connectivity index (χ3v) is 12.4. The van der Waals surface area contributed by atoms with E-state index < -0.39 is 0 Å². The zero-order chi connectivity index (χ0) is 42.4. The van der Waals surface area contributed by atoms with E-state index in [-0.39, 0.29) is 0 Å². The van der Waals surface area contributed by atoms with Gasteiger partial charge in [0.2, 0.25) is 0 Å². The molecule has 12 rings (SSSR count). The second kappa shape index (κ2) is 15.7. The molecule has 0 radical (unpaired) electrons. The third kappa shape index (κ3) is 6.40. The molecule has 0 aliphatic rings. The van der Waals surface area contributed by atoms with Crippen molar-refractivity contribution in [1.29, 1.82) is 0 Å². The molecule has 0 bridgehead atoms. The number of pyridine rings is 2. The van der Waals surface area contributed by atoms with Gasteiger partial charge in [0.1, 0.15) is 0 Å². The standard InChI is InChI=1S/C60H40N4/c1-3-21-45(22-4-1)63(48-32-34-58-53(39-48)49-25-9-10-30-57(49)64(58)46-23-5-2-6-24-46)47-31-33-52-54(40-47)60(44-20-16-18-42(38-44)56-29-12-14-36-62-56)51-27-8-7-26-50(51)59(52)43-19-15-17-41(37-43)55-28-11-13-35-61-55/h1-40H. The summed E-state index contributed by atoms with van der Waals surface area (Å²) in [6.45, 7) is 0. The van der Waals surface area contributed by atoms with Gasteiger partial charge < -0.3 is 9.47 Å². The van der Waals surface area contributed by atoms with Crippen molar-refractivity contribution in [2.45, 2.75) is 0 Å². The summed E-state index contributed by atoms with van der Waals surface area (Å²) in [5, 5.41) is 7.13. The van der Waals surface area contributed by atoms with E-state index in [1.807, 2.05) is 30.6 Å². The lowest BCUT2D eigenvalue weighted by molar-refractivity contribution is 1.18. The van der Waals surface area contributed by atoms with Crippen molar-refractivity contribution < 1.29 is 0 Å². The summed E-state index contributed by atoms with van der Waals surface area (Å²) < 4.78 is 2.37. The Labute approximate surface area is 371 Å². The molecule has 0 spiro atoms. The fraction of sp³-hybridized carbons (Fsp3) is 0. The smallest absolute Gasteiger partial charge is 0.0702 e. The minimum absolute atomic E-state index is 0.945. The van der Waals surface area contributed by atoms with Crippen molar-refractivity contribution in [3.05, 3.63) is 243 Å². The maximum Gasteiger partial charge on any atom is 0.0702 e. The Morgan fingerprint density at radius 2 is 0.781 bits per heavy atom. The van der Waals surface area contributed by atoms with Crippen LogP contribution in [0.3, 0.4) is 0 Å². The Hall–Kier alpha value is -8.60. The lowest BCUT2D eigenvalue weighted by Crippen LogP contribution is -2.10. The maximum absolute atomic E-state index is 4.75. The quantitative estimate of drug-likeness (QED) is 0.143. The summed E-state index contributed by atoms with van der Waals surface area (Å²) in [6, 6.07) is 82.8. The Bertz CT molecular complexity index is 3660. The van der Waals surface area contributed by atoms with Gasteiger partial charge in [0.25, 0.3) is 0 Å². The van der Waals surface area contributed by atoms with Gasteiger partial charge in [-0.2, -0.15) is 0 Å². The Balaban J connectivity index is 1.13. The number of benzene rings is 9. The van der Waals surface area contributed by atoms with Gasteiger partial charge in [0, 0.05) is 57.0 Å². The molecule has 64 heavy (non-hydrogen) atoms. The second-order valence-electron chi connectivity index (χ2n) is 16.2. The molecule has 300 valence electrons. The molecule has 0 fully saturated rings. The molecule has 0 unspecified atom stereocenters. The van der Waals surface area contributed by atoms with E-state index in [4.69, 9.17) is 9.97 Å². The topological polar surface area (TPSA) is 34.0 Å². The van der Waals surface area contributed by atoms with E-state index in [2.05, 4.69) is 222 Å². The zero-order valence-electron chi connectivity index (χ0n) is 34.9. The zero-order valence-corrected chi connectivity index (χ0v) is 34.9. The Morgan fingerprint density at radius 3 is 1.41 bits per heavy atom. The lowest BCUT2D eigenvalue weighted by atomic mass is 9.85. The van der Waals surface area contributed by atoms with Gasteiger partial charge in [-0.05, 0) is 141 Å². The predicted octanol–water partition coefficient (Wildman–Crippen LogP) is 16.0. The number of rotatable bonds is 8. The number of anilines is 3. The minimum Gasteiger partial charge on any atom is -0.310 e. The van der Waals surface area contributed by atoms with E-state index >= 15 is 0 Å². The first-order valence-corrected chi connectivity index (χ1v) is 21.7. The molecule has 9 aromatic carbocycles. The van der Waals surface area contributed by atoms with Crippen LogP contribution in [0.4, 0.5) is 17.1 Å². The van der Waals surface area contributed by atoms with E-state index in [9.17, 15) is 0 Å². The number of nitrogens with zero attached hydrogens (tertiary/aromatic N) is 4. The molecule has 0 N–H and O–H groups in total. The highest BCUT2D eigenvalue weighted by Gasteiger charge is 2.22. The summed E-state index contributed by atoms with van der Waals surface area (Å²) in [4.78, 5) is 11.9. The molecule has 0 atom stereocenters. The number of hydrogen-bond acceptors (Lipinski definition) is 3. The molecule has 3 aromatic heterocycles. The summed E-state index contributed by atoms with van der Waals surface area (Å²) in [5.41, 5.74) is 15.4. The van der Waals surface area contributed by atoms with Gasteiger partial charge in [0.15, 0.2) is 0 Å². The van der Waals surface area contributed by atoms with Crippen LogP contribution in [0.15, 0.2) is 243 Å². The highest BCUT2D eigenvalue weighted by molar-refractivity contribution is 6.22. The van der Waals surface area contributed by atoms with Crippen molar-refractivity contribution >= 4 is 60.4 Å². The predicted molar refractivity (Wildman–Crippen MR) is 268 cm³/mol. The van der Waals surface area contributed by atoms with Crippen LogP contribution in [0.1, 0.15) is 0 Å². The highest BCUT2D eigenvalue weighted by atomic mass is 15.1. The SMILES string of the molecule is c1ccc(N(c2ccc3c(-c4cccc(-c5ccccn5)c4)c4ccccc4c(-c4cccc(-c5ccccn5)c4)c3c2)c2ccc3c(c2)c2ccccc2n3-c2ccccc2)cc1. The molecule has 0 saturated carbocycles. The average molecular weight is 817 g/mol. The minimum atomic E-state index is 0.945. The first-order valence-electron chi connectivity index (χ1n) is 21.7. The van der Waals surface area contributed by atoms with E-state index in [0.29, 0.717) is 0 Å². The lowest BCUT2D eigenvalue weighted by Gasteiger charge is -2.27. The first kappa shape index (κ1) is 37.2. The number of hydrogen-bond donors (Lipinski definition) is 0. The fourth-order valence-corrected chi connectivity index (χ4v) is 9.64. The van der Waals surface area contributed by atoms with Crippen LogP contribution in [0, 0.1) is 0 Å². The number of para-hydroxylation sites is 3. The molecular weight excluding hydrogens is 777 g/mol. The number of aromatic nitrogens is 3. The molecule has 0 saturated heterocycles. The Kier molecular flexibility index (Phi) is 9.12. The van der Waals surface area contributed by atoms with Gasteiger partial charge in [0.05, 0.1) is 22.4 Å². The van der Waals surface area contributed by atoms with Gasteiger partial charge >= 0.3 is 0 Å². The van der Waals surface area contributed by atoms with Crippen molar-refractivity contribution in [3.8, 4) is 50.5 Å². The van der Waals surface area contributed by atoms with Crippen LogP contribution in [-0.4, -0.2) is 14.5 Å². The molecular formula is C60H40N4. The van der Waals surface area contributed by atoms with Crippen molar-refractivity contribution in [2.24, 2.45) is 0 Å². The highest BCUT2D eigenvalue weighted by Crippen LogP contribution is 2.48. The number of fused-ring (bicyclic) bond motifs is 5. The van der Waals surface area contributed by atoms with Crippen LogP contribution in [0.2, 0.25) is 0 Å². The van der Waals surface area contributed by atoms with Crippen molar-refractivity contribution in [2.75, 3.05) is 4.90 Å². The Morgan fingerprint density at radius 1 is 0.297 bits per heavy atom. The molecule has 0 aliphatic heterocycles. The van der Waals surface area contributed by atoms with Crippen LogP contribution in [0.25, 0.3) is 93.8 Å². The van der Waals surface area contributed by atoms with Gasteiger partial charge in [-0.1, -0.05) is 133 Å².